The lowest BCUT2D eigenvalue weighted by Gasteiger charge is -2.08. The van der Waals surface area contributed by atoms with Gasteiger partial charge in [-0.15, -0.1) is 0 Å². The molecule has 5 nitrogen and oxygen atoms in total. The van der Waals surface area contributed by atoms with E-state index < -0.39 is 0 Å². The second kappa shape index (κ2) is 4.99. The van der Waals surface area contributed by atoms with Crippen LogP contribution in [-0.2, 0) is 7.05 Å². The number of carbonyl (C=O) groups is 1. The number of nitrogens with zero attached hydrogens (tertiary/aromatic N) is 2. The van der Waals surface area contributed by atoms with E-state index in [-0.39, 0.29) is 5.91 Å². The molecule has 2 aromatic rings. The third-order valence-corrected chi connectivity index (χ3v) is 3.27. The number of nitrogens with two attached hydrogens (primary N) is 1. The molecule has 0 saturated heterocycles. The Morgan fingerprint density at radius 2 is 2.28 bits per heavy atom. The molecule has 0 atom stereocenters. The zero-order chi connectivity index (χ0) is 13.3. The van der Waals surface area contributed by atoms with E-state index in [0.29, 0.717) is 26.6 Å². The summed E-state index contributed by atoms with van der Waals surface area (Å²) in [6.07, 6.45) is 1.48. The molecule has 1 amide bonds. The fourth-order valence-electron chi connectivity index (χ4n) is 1.46. The van der Waals surface area contributed by atoms with Crippen LogP contribution in [0.1, 0.15) is 10.4 Å². The highest BCUT2D eigenvalue weighted by molar-refractivity contribution is 9.10. The summed E-state index contributed by atoms with van der Waals surface area (Å²) in [5.41, 5.74) is 6.58. The Morgan fingerprint density at radius 3 is 2.83 bits per heavy atom. The number of aromatic nitrogens is 2. The Morgan fingerprint density at radius 1 is 1.56 bits per heavy atom. The second-order valence-electron chi connectivity index (χ2n) is 3.65. The molecule has 1 aromatic heterocycles. The molecule has 94 valence electrons. The first-order valence-electron chi connectivity index (χ1n) is 5.03. The molecule has 0 bridgehead atoms. The van der Waals surface area contributed by atoms with Crippen LogP contribution in [0.2, 0.25) is 5.02 Å². The van der Waals surface area contributed by atoms with Crippen LogP contribution in [-0.4, -0.2) is 15.7 Å². The first-order valence-corrected chi connectivity index (χ1v) is 6.20. The summed E-state index contributed by atoms with van der Waals surface area (Å²) in [6, 6.07) is 4.94. The molecule has 0 aliphatic heterocycles. The number of anilines is 2. The average molecular weight is 330 g/mol. The number of amides is 1. The van der Waals surface area contributed by atoms with E-state index >= 15 is 0 Å². The van der Waals surface area contributed by atoms with Crippen molar-refractivity contribution in [3.8, 4) is 0 Å². The van der Waals surface area contributed by atoms with Crippen LogP contribution in [0.3, 0.4) is 0 Å². The number of nitrogens with one attached hydrogen (secondary N) is 1. The zero-order valence-corrected chi connectivity index (χ0v) is 11.8. The van der Waals surface area contributed by atoms with Crippen molar-refractivity contribution in [2.75, 3.05) is 11.1 Å². The van der Waals surface area contributed by atoms with E-state index in [4.69, 9.17) is 17.3 Å². The summed E-state index contributed by atoms with van der Waals surface area (Å²) in [4.78, 5) is 12.1. The van der Waals surface area contributed by atoms with E-state index in [1.807, 2.05) is 0 Å². The van der Waals surface area contributed by atoms with Crippen molar-refractivity contribution in [2.45, 2.75) is 0 Å². The number of halogens is 2. The minimum Gasteiger partial charge on any atom is -0.394 e. The van der Waals surface area contributed by atoms with Gasteiger partial charge >= 0.3 is 0 Å². The SMILES string of the molecule is Cn1ncc(N)c1NC(=O)c1ccc(Cl)cc1Br. The van der Waals surface area contributed by atoms with Gasteiger partial charge in [0.05, 0.1) is 17.4 Å². The molecule has 7 heteroatoms. The van der Waals surface area contributed by atoms with Crippen molar-refractivity contribution < 1.29 is 4.79 Å². The number of hydrogen-bond donors (Lipinski definition) is 2. The predicted molar refractivity (Wildman–Crippen MR) is 74.7 cm³/mol. The molecule has 1 aromatic carbocycles. The molecule has 0 aliphatic carbocycles. The molecule has 18 heavy (non-hydrogen) atoms. The molecule has 2 rings (SSSR count). The van der Waals surface area contributed by atoms with E-state index in [9.17, 15) is 4.79 Å². The van der Waals surface area contributed by atoms with Crippen molar-refractivity contribution in [3.05, 3.63) is 39.5 Å². The highest BCUT2D eigenvalue weighted by atomic mass is 79.9. The Labute approximate surface area is 117 Å². The lowest BCUT2D eigenvalue weighted by atomic mass is 10.2. The fourth-order valence-corrected chi connectivity index (χ4v) is 2.32. The van der Waals surface area contributed by atoms with Crippen LogP contribution in [0, 0.1) is 0 Å². The van der Waals surface area contributed by atoms with E-state index in [2.05, 4.69) is 26.3 Å². The lowest BCUT2D eigenvalue weighted by molar-refractivity contribution is 0.102. The van der Waals surface area contributed by atoms with E-state index in [1.165, 1.54) is 10.9 Å². The molecule has 0 spiro atoms. The standard InChI is InChI=1S/C11H10BrClN4O/c1-17-10(9(14)5-15-17)16-11(18)7-3-2-6(13)4-8(7)12/h2-5H,14H2,1H3,(H,16,18). The van der Waals surface area contributed by atoms with Gasteiger partial charge in [-0.25, -0.2) is 0 Å². The minimum absolute atomic E-state index is 0.283. The normalized spacial score (nSPS) is 10.4. The van der Waals surface area contributed by atoms with Crippen molar-refractivity contribution in [2.24, 2.45) is 7.05 Å². The quantitative estimate of drug-likeness (QED) is 0.889. The number of carbonyl (C=O) groups excluding carboxylic acids is 1. The molecule has 1 heterocycles. The lowest BCUT2D eigenvalue weighted by Crippen LogP contribution is -2.16. The second-order valence-corrected chi connectivity index (χ2v) is 4.94. The summed E-state index contributed by atoms with van der Waals surface area (Å²) in [5.74, 6) is 0.177. The van der Waals surface area contributed by atoms with Gasteiger partial charge in [-0.3, -0.25) is 9.48 Å². The molecule has 0 radical (unpaired) electrons. The van der Waals surface area contributed by atoms with Gasteiger partial charge in [-0.1, -0.05) is 11.6 Å². The molecule has 0 unspecified atom stereocenters. The van der Waals surface area contributed by atoms with Crippen molar-refractivity contribution >= 4 is 44.9 Å². The first kappa shape index (κ1) is 12.9. The highest BCUT2D eigenvalue weighted by Crippen LogP contribution is 2.23. The van der Waals surface area contributed by atoms with Crippen LogP contribution in [0.15, 0.2) is 28.9 Å². The molecule has 0 aliphatic rings. The van der Waals surface area contributed by atoms with E-state index in [0.717, 1.165) is 0 Å². The van der Waals surface area contributed by atoms with Crippen molar-refractivity contribution in [1.29, 1.82) is 0 Å². The molecular formula is C11H10BrClN4O. The Balaban J connectivity index is 2.28. The van der Waals surface area contributed by atoms with Gasteiger partial charge < -0.3 is 11.1 Å². The Hall–Kier alpha value is -1.53. The molecular weight excluding hydrogens is 320 g/mol. The minimum atomic E-state index is -0.283. The number of benzene rings is 1. The topological polar surface area (TPSA) is 72.9 Å². The van der Waals surface area contributed by atoms with Gasteiger partial charge in [0, 0.05) is 16.5 Å². The van der Waals surface area contributed by atoms with Gasteiger partial charge in [0.25, 0.3) is 5.91 Å². The van der Waals surface area contributed by atoms with Crippen LogP contribution in [0.4, 0.5) is 11.5 Å². The monoisotopic (exact) mass is 328 g/mol. The summed E-state index contributed by atoms with van der Waals surface area (Å²) >= 11 is 9.11. The largest absolute Gasteiger partial charge is 0.394 e. The summed E-state index contributed by atoms with van der Waals surface area (Å²) in [7, 11) is 1.70. The molecule has 0 fully saturated rings. The van der Waals surface area contributed by atoms with Gasteiger partial charge in [-0.2, -0.15) is 5.10 Å². The van der Waals surface area contributed by atoms with Gasteiger partial charge in [0.15, 0.2) is 5.82 Å². The number of hydrogen-bond acceptors (Lipinski definition) is 3. The van der Waals surface area contributed by atoms with Gasteiger partial charge in [0.1, 0.15) is 0 Å². The molecule has 3 N–H and O–H groups in total. The van der Waals surface area contributed by atoms with Gasteiger partial charge in [0.2, 0.25) is 0 Å². The van der Waals surface area contributed by atoms with Crippen LogP contribution in [0.5, 0.6) is 0 Å². The maximum absolute atomic E-state index is 12.1. The fraction of sp³-hybridized carbons (Fsp3) is 0.0909. The van der Waals surface area contributed by atoms with Crippen LogP contribution in [0.25, 0.3) is 0 Å². The first-order chi connectivity index (χ1) is 8.49. The average Bonchev–Trinajstić information content (AvgIpc) is 2.60. The summed E-state index contributed by atoms with van der Waals surface area (Å²) in [5, 5.41) is 7.20. The van der Waals surface area contributed by atoms with E-state index in [1.54, 1.807) is 25.2 Å². The van der Waals surface area contributed by atoms with Crippen molar-refractivity contribution in [1.82, 2.24) is 9.78 Å². The third-order valence-electron chi connectivity index (χ3n) is 2.37. The van der Waals surface area contributed by atoms with Gasteiger partial charge in [-0.05, 0) is 34.1 Å². The van der Waals surface area contributed by atoms with Crippen LogP contribution >= 0.6 is 27.5 Å². The summed E-state index contributed by atoms with van der Waals surface area (Å²) < 4.78 is 2.12. The number of aryl methyl sites for hydroxylation is 1. The Bertz CT molecular complexity index is 592. The molecule has 0 saturated carbocycles. The summed E-state index contributed by atoms with van der Waals surface area (Å²) in [6.45, 7) is 0. The predicted octanol–water partition coefficient (Wildman–Crippen LogP) is 2.67. The Kier molecular flexibility index (Phi) is 3.58. The smallest absolute Gasteiger partial charge is 0.258 e. The van der Waals surface area contributed by atoms with Crippen LogP contribution < -0.4 is 11.1 Å². The number of nitrogen functional groups attached to an aromatic ring is 1. The third kappa shape index (κ3) is 2.49. The zero-order valence-electron chi connectivity index (χ0n) is 9.45. The number of rotatable bonds is 2. The maximum Gasteiger partial charge on any atom is 0.258 e. The maximum atomic E-state index is 12.1. The van der Waals surface area contributed by atoms with Crippen molar-refractivity contribution in [3.63, 3.8) is 0 Å². The highest BCUT2D eigenvalue weighted by Gasteiger charge is 2.14.